The lowest BCUT2D eigenvalue weighted by atomic mass is 9.97. The molecule has 1 fully saturated rings. The van der Waals surface area contributed by atoms with E-state index in [1.807, 2.05) is 0 Å². The summed E-state index contributed by atoms with van der Waals surface area (Å²) in [5.41, 5.74) is 0.744. The number of aromatic nitrogens is 1. The minimum atomic E-state index is -4.53. The third kappa shape index (κ3) is 5.22. The lowest BCUT2D eigenvalue weighted by Crippen LogP contribution is -2.44. The summed E-state index contributed by atoms with van der Waals surface area (Å²) in [5.74, 6) is -1.44. The predicted octanol–water partition coefficient (Wildman–Crippen LogP) is 2.52. The number of carbonyl (C=O) groups is 2. The van der Waals surface area contributed by atoms with Crippen molar-refractivity contribution in [3.05, 3.63) is 23.9 Å². The first kappa shape index (κ1) is 17.2. The molecule has 2 heterocycles. The Morgan fingerprint density at radius 3 is 2.78 bits per heavy atom. The predicted molar refractivity (Wildman–Crippen MR) is 77.6 cm³/mol. The van der Waals surface area contributed by atoms with E-state index in [2.05, 4.69) is 10.3 Å². The number of amides is 2. The van der Waals surface area contributed by atoms with E-state index in [1.165, 1.54) is 0 Å². The van der Waals surface area contributed by atoms with Gasteiger partial charge in [0.1, 0.15) is 12.2 Å². The highest BCUT2D eigenvalue weighted by Crippen LogP contribution is 2.24. The molecule has 0 spiro atoms. The van der Waals surface area contributed by atoms with Crippen LogP contribution in [-0.2, 0) is 9.59 Å². The topological polar surface area (TPSA) is 62.3 Å². The lowest BCUT2D eigenvalue weighted by Gasteiger charge is -2.32. The maximum Gasteiger partial charge on any atom is 0.397 e. The first-order chi connectivity index (χ1) is 10.7. The minimum absolute atomic E-state index is 0.00651. The van der Waals surface area contributed by atoms with Gasteiger partial charge >= 0.3 is 6.18 Å². The Hall–Kier alpha value is -2.12. The number of likely N-dealkylation sites (tertiary alicyclic amines) is 1. The number of nitrogens with zero attached hydrogens (tertiary/aromatic N) is 2. The van der Waals surface area contributed by atoms with E-state index in [0.717, 1.165) is 10.6 Å². The second kappa shape index (κ2) is 6.97. The number of piperidine rings is 1. The summed E-state index contributed by atoms with van der Waals surface area (Å²) in [7, 11) is 0. The summed E-state index contributed by atoms with van der Waals surface area (Å²) in [6.45, 7) is 2.04. The molecule has 0 unspecified atom stereocenters. The van der Waals surface area contributed by atoms with Gasteiger partial charge in [0.15, 0.2) is 0 Å². The summed E-state index contributed by atoms with van der Waals surface area (Å²) < 4.78 is 36.9. The number of alkyl halides is 3. The zero-order valence-electron chi connectivity index (χ0n) is 12.7. The van der Waals surface area contributed by atoms with E-state index < -0.39 is 24.4 Å². The molecule has 1 atom stereocenters. The first-order valence-corrected chi connectivity index (χ1v) is 7.33. The van der Waals surface area contributed by atoms with Crippen molar-refractivity contribution in [2.24, 2.45) is 5.92 Å². The molecule has 0 aliphatic carbocycles. The molecule has 0 bridgehead atoms. The Morgan fingerprint density at radius 1 is 1.39 bits per heavy atom. The minimum Gasteiger partial charge on any atom is -0.342 e. The highest BCUT2D eigenvalue weighted by atomic mass is 19.4. The van der Waals surface area contributed by atoms with Gasteiger partial charge in [0.2, 0.25) is 11.8 Å². The highest BCUT2D eigenvalue weighted by molar-refractivity contribution is 5.92. The Bertz CT molecular complexity index is 590. The molecule has 1 N–H and O–H groups in total. The van der Waals surface area contributed by atoms with Crippen LogP contribution in [0.5, 0.6) is 0 Å². The number of aryl methyl sites for hydroxylation is 1. The maximum atomic E-state index is 12.3. The number of carbonyl (C=O) groups excluding carboxylic acids is 2. The van der Waals surface area contributed by atoms with Gasteiger partial charge in [-0.15, -0.1) is 0 Å². The second-order valence-corrected chi connectivity index (χ2v) is 5.62. The normalized spacial score (nSPS) is 18.6. The van der Waals surface area contributed by atoms with Crippen LogP contribution in [0, 0.1) is 12.8 Å². The number of halogens is 3. The average molecular weight is 329 g/mol. The van der Waals surface area contributed by atoms with Crippen LogP contribution < -0.4 is 5.32 Å². The van der Waals surface area contributed by atoms with Gasteiger partial charge in [-0.3, -0.25) is 9.59 Å². The average Bonchev–Trinajstić information content (AvgIpc) is 2.45. The smallest absolute Gasteiger partial charge is 0.342 e. The molecule has 2 rings (SSSR count). The lowest BCUT2D eigenvalue weighted by molar-refractivity contribution is -0.162. The van der Waals surface area contributed by atoms with Crippen molar-refractivity contribution in [1.82, 2.24) is 9.88 Å². The molecule has 0 aromatic carbocycles. The molecular formula is C15H18F3N3O2. The van der Waals surface area contributed by atoms with Crippen LogP contribution in [0.4, 0.5) is 19.0 Å². The Labute approximate surface area is 131 Å². The van der Waals surface area contributed by atoms with Crippen LogP contribution in [0.1, 0.15) is 25.0 Å². The summed E-state index contributed by atoms with van der Waals surface area (Å²) in [6.07, 6.45) is -4.98. The van der Waals surface area contributed by atoms with Crippen molar-refractivity contribution >= 4 is 17.6 Å². The highest BCUT2D eigenvalue weighted by Gasteiger charge is 2.36. The van der Waals surface area contributed by atoms with Gasteiger partial charge in [0.05, 0.1) is 5.92 Å². The van der Waals surface area contributed by atoms with E-state index in [-0.39, 0.29) is 19.0 Å². The molecule has 23 heavy (non-hydrogen) atoms. The van der Waals surface area contributed by atoms with Crippen LogP contribution in [0.15, 0.2) is 18.2 Å². The van der Waals surface area contributed by atoms with Crippen molar-refractivity contribution in [3.8, 4) is 0 Å². The molecule has 1 aliphatic heterocycles. The van der Waals surface area contributed by atoms with Gasteiger partial charge in [0.25, 0.3) is 0 Å². The third-order valence-electron chi connectivity index (χ3n) is 3.64. The summed E-state index contributed by atoms with van der Waals surface area (Å²) >= 11 is 0. The second-order valence-electron chi connectivity index (χ2n) is 5.62. The fraction of sp³-hybridized carbons (Fsp3) is 0.533. The van der Waals surface area contributed by atoms with Crippen molar-refractivity contribution in [2.45, 2.75) is 32.4 Å². The largest absolute Gasteiger partial charge is 0.397 e. The number of hydrogen-bond acceptors (Lipinski definition) is 3. The zero-order valence-corrected chi connectivity index (χ0v) is 12.7. The first-order valence-electron chi connectivity index (χ1n) is 7.33. The molecule has 1 aromatic rings. The molecule has 2 amide bonds. The van der Waals surface area contributed by atoms with Crippen LogP contribution in [0.3, 0.4) is 0 Å². The molecule has 1 aliphatic rings. The maximum absolute atomic E-state index is 12.3. The molecule has 1 aromatic heterocycles. The fourth-order valence-electron chi connectivity index (χ4n) is 2.54. The van der Waals surface area contributed by atoms with Gasteiger partial charge in [0, 0.05) is 18.8 Å². The van der Waals surface area contributed by atoms with Crippen molar-refractivity contribution in [3.63, 3.8) is 0 Å². The SMILES string of the molecule is Cc1cccc(NC(=O)[C@H]2CCCN(C(=O)CC(F)(F)F)C2)n1. The number of pyridine rings is 1. The standard InChI is InChI=1S/C15H18F3N3O2/c1-10-4-2-6-12(19-10)20-14(23)11-5-3-7-21(9-11)13(22)8-15(16,17)18/h2,4,6,11H,3,5,7-9H2,1H3,(H,19,20,23)/t11-/m0/s1. The molecule has 5 nitrogen and oxygen atoms in total. The number of nitrogens with one attached hydrogen (secondary N) is 1. The summed E-state index contributed by atoms with van der Waals surface area (Å²) in [6, 6.07) is 5.17. The van der Waals surface area contributed by atoms with Crippen molar-refractivity contribution < 1.29 is 22.8 Å². The van der Waals surface area contributed by atoms with Crippen LogP contribution in [-0.4, -0.2) is 41.0 Å². The number of hydrogen-bond donors (Lipinski definition) is 1. The fourth-order valence-corrected chi connectivity index (χ4v) is 2.54. The molecule has 0 radical (unpaired) electrons. The van der Waals surface area contributed by atoms with Crippen LogP contribution in [0.2, 0.25) is 0 Å². The zero-order chi connectivity index (χ0) is 17.0. The molecule has 8 heteroatoms. The van der Waals surface area contributed by atoms with E-state index >= 15 is 0 Å². The number of anilines is 1. The van der Waals surface area contributed by atoms with E-state index in [9.17, 15) is 22.8 Å². The molecular weight excluding hydrogens is 311 g/mol. The molecule has 126 valence electrons. The molecule has 1 saturated heterocycles. The van der Waals surface area contributed by atoms with Gasteiger partial charge < -0.3 is 10.2 Å². The number of rotatable bonds is 3. The van der Waals surface area contributed by atoms with E-state index in [1.54, 1.807) is 25.1 Å². The Morgan fingerprint density at radius 2 is 2.13 bits per heavy atom. The Balaban J connectivity index is 1.95. The summed E-state index contributed by atoms with van der Waals surface area (Å²) in [4.78, 5) is 29.1. The van der Waals surface area contributed by atoms with Gasteiger partial charge in [-0.1, -0.05) is 6.07 Å². The quantitative estimate of drug-likeness (QED) is 0.927. The van der Waals surface area contributed by atoms with Crippen molar-refractivity contribution in [1.29, 1.82) is 0 Å². The third-order valence-corrected chi connectivity index (χ3v) is 3.64. The van der Waals surface area contributed by atoms with Crippen molar-refractivity contribution in [2.75, 3.05) is 18.4 Å². The van der Waals surface area contributed by atoms with Crippen LogP contribution >= 0.6 is 0 Å². The molecule has 0 saturated carbocycles. The van der Waals surface area contributed by atoms with Gasteiger partial charge in [-0.05, 0) is 31.9 Å². The van der Waals surface area contributed by atoms with Gasteiger partial charge in [-0.25, -0.2) is 4.98 Å². The summed E-state index contributed by atoms with van der Waals surface area (Å²) in [5, 5.41) is 2.65. The van der Waals surface area contributed by atoms with E-state index in [4.69, 9.17) is 0 Å². The monoisotopic (exact) mass is 329 g/mol. The Kier molecular flexibility index (Phi) is 5.23. The van der Waals surface area contributed by atoms with Gasteiger partial charge in [-0.2, -0.15) is 13.2 Å². The van der Waals surface area contributed by atoms with E-state index in [0.29, 0.717) is 18.7 Å². The van der Waals surface area contributed by atoms with Crippen LogP contribution in [0.25, 0.3) is 0 Å².